The molecule has 0 fully saturated rings. The number of esters is 1. The molecular weight excluding hydrogens is 233 g/mol. The van der Waals surface area contributed by atoms with E-state index in [4.69, 9.17) is 4.74 Å². The Labute approximate surface area is 104 Å². The minimum absolute atomic E-state index is 0.328. The number of hydrogen-bond donors (Lipinski definition) is 0. The first-order chi connectivity index (χ1) is 8.61. The Morgan fingerprint density at radius 1 is 1.17 bits per heavy atom. The molecule has 0 amide bonds. The van der Waals surface area contributed by atoms with Gasteiger partial charge < -0.3 is 4.74 Å². The maximum atomic E-state index is 12.9. The Bertz CT molecular complexity index is 579. The van der Waals surface area contributed by atoms with Crippen LogP contribution in [0.3, 0.4) is 0 Å². The summed E-state index contributed by atoms with van der Waals surface area (Å²) in [6.45, 7) is 1.83. The van der Waals surface area contributed by atoms with Crippen molar-refractivity contribution in [1.82, 2.24) is 4.98 Å². The van der Waals surface area contributed by atoms with Gasteiger partial charge in [-0.05, 0) is 43.3 Å². The fourth-order valence-electron chi connectivity index (χ4n) is 1.66. The minimum Gasteiger partial charge on any atom is -0.465 e. The van der Waals surface area contributed by atoms with E-state index in [2.05, 4.69) is 4.98 Å². The number of carbonyl (C=O) groups is 1. The molecular formula is C14H12FNO2. The van der Waals surface area contributed by atoms with Crippen LogP contribution in [0.4, 0.5) is 4.39 Å². The van der Waals surface area contributed by atoms with E-state index in [0.29, 0.717) is 16.8 Å². The number of methoxy groups -OCH3 is 1. The molecule has 1 aromatic carbocycles. The third kappa shape index (κ3) is 2.37. The number of pyridine rings is 1. The van der Waals surface area contributed by atoms with E-state index in [0.717, 1.165) is 5.69 Å². The topological polar surface area (TPSA) is 39.2 Å². The number of benzene rings is 1. The van der Waals surface area contributed by atoms with Crippen molar-refractivity contribution in [2.24, 2.45) is 0 Å². The van der Waals surface area contributed by atoms with Crippen molar-refractivity contribution in [1.29, 1.82) is 0 Å². The van der Waals surface area contributed by atoms with E-state index < -0.39 is 5.97 Å². The van der Waals surface area contributed by atoms with Gasteiger partial charge in [-0.1, -0.05) is 0 Å². The van der Waals surface area contributed by atoms with Gasteiger partial charge in [0.2, 0.25) is 0 Å². The molecule has 4 heteroatoms. The Balaban J connectivity index is 2.57. The second-order valence-electron chi connectivity index (χ2n) is 3.85. The smallest absolute Gasteiger partial charge is 0.340 e. The summed E-state index contributed by atoms with van der Waals surface area (Å²) < 4.78 is 17.6. The predicted molar refractivity (Wildman–Crippen MR) is 65.7 cm³/mol. The van der Waals surface area contributed by atoms with E-state index in [1.807, 2.05) is 6.92 Å². The highest BCUT2D eigenvalue weighted by Crippen LogP contribution is 2.23. The quantitative estimate of drug-likeness (QED) is 0.763. The monoisotopic (exact) mass is 245 g/mol. The van der Waals surface area contributed by atoms with Crippen LogP contribution >= 0.6 is 0 Å². The molecule has 2 rings (SSSR count). The van der Waals surface area contributed by atoms with Gasteiger partial charge in [-0.15, -0.1) is 0 Å². The molecule has 0 N–H and O–H groups in total. The largest absolute Gasteiger partial charge is 0.465 e. The summed E-state index contributed by atoms with van der Waals surface area (Å²) in [7, 11) is 1.32. The van der Waals surface area contributed by atoms with E-state index in [1.54, 1.807) is 24.3 Å². The molecule has 0 saturated carbocycles. The maximum Gasteiger partial charge on any atom is 0.340 e. The zero-order valence-corrected chi connectivity index (χ0v) is 10.1. The number of nitrogens with zero attached hydrogens (tertiary/aromatic N) is 1. The molecule has 92 valence electrons. The highest BCUT2D eigenvalue weighted by Gasteiger charge is 2.14. The molecule has 0 bridgehead atoms. The summed E-state index contributed by atoms with van der Waals surface area (Å²) >= 11 is 0. The number of aryl methyl sites for hydroxylation is 1. The molecule has 18 heavy (non-hydrogen) atoms. The average molecular weight is 245 g/mol. The molecule has 0 radical (unpaired) electrons. The van der Waals surface area contributed by atoms with Crippen LogP contribution in [-0.2, 0) is 4.74 Å². The Morgan fingerprint density at radius 2 is 1.83 bits per heavy atom. The van der Waals surface area contributed by atoms with E-state index >= 15 is 0 Å². The highest BCUT2D eigenvalue weighted by atomic mass is 19.1. The molecule has 0 spiro atoms. The Kier molecular flexibility index (Phi) is 3.37. The lowest BCUT2D eigenvalue weighted by Gasteiger charge is -2.08. The van der Waals surface area contributed by atoms with Crippen molar-refractivity contribution in [2.45, 2.75) is 6.92 Å². The number of carbonyl (C=O) groups excluding carboxylic acids is 1. The standard InChI is InChI=1S/C14H12FNO2/c1-9-3-8-12(14(17)18-2)13(16-9)10-4-6-11(15)7-5-10/h3-8H,1-2H3. The molecule has 1 aromatic heterocycles. The number of hydrogen-bond acceptors (Lipinski definition) is 3. The van der Waals surface area contributed by atoms with Crippen LogP contribution in [0.5, 0.6) is 0 Å². The lowest BCUT2D eigenvalue weighted by Crippen LogP contribution is -2.05. The van der Waals surface area contributed by atoms with Gasteiger partial charge in [-0.25, -0.2) is 9.18 Å². The number of halogens is 1. The van der Waals surface area contributed by atoms with Crippen molar-refractivity contribution in [2.75, 3.05) is 7.11 Å². The average Bonchev–Trinajstić information content (AvgIpc) is 2.38. The van der Waals surface area contributed by atoms with Crippen LogP contribution in [0.25, 0.3) is 11.3 Å². The molecule has 3 nitrogen and oxygen atoms in total. The van der Waals surface area contributed by atoms with E-state index in [-0.39, 0.29) is 5.82 Å². The third-order valence-electron chi connectivity index (χ3n) is 2.56. The zero-order chi connectivity index (χ0) is 13.1. The minimum atomic E-state index is -0.457. The lowest BCUT2D eigenvalue weighted by atomic mass is 10.1. The van der Waals surface area contributed by atoms with Crippen molar-refractivity contribution >= 4 is 5.97 Å². The molecule has 0 aliphatic carbocycles. The highest BCUT2D eigenvalue weighted by molar-refractivity contribution is 5.96. The first kappa shape index (κ1) is 12.2. The molecule has 1 heterocycles. The SMILES string of the molecule is COC(=O)c1ccc(C)nc1-c1ccc(F)cc1. The fourth-order valence-corrected chi connectivity index (χ4v) is 1.66. The second-order valence-corrected chi connectivity index (χ2v) is 3.85. The van der Waals surface area contributed by atoms with Crippen molar-refractivity contribution in [3.8, 4) is 11.3 Å². The summed E-state index contributed by atoms with van der Waals surface area (Å²) in [5.41, 5.74) is 2.33. The summed E-state index contributed by atoms with van der Waals surface area (Å²) in [4.78, 5) is 16.0. The Hall–Kier alpha value is -2.23. The number of rotatable bonds is 2. The van der Waals surface area contributed by atoms with Gasteiger partial charge in [-0.3, -0.25) is 4.98 Å². The maximum absolute atomic E-state index is 12.9. The number of aromatic nitrogens is 1. The summed E-state index contributed by atoms with van der Waals surface area (Å²) in [5.74, 6) is -0.784. The van der Waals surface area contributed by atoms with E-state index in [9.17, 15) is 9.18 Å². The van der Waals surface area contributed by atoms with Crippen LogP contribution in [0.15, 0.2) is 36.4 Å². The first-order valence-electron chi connectivity index (χ1n) is 5.43. The van der Waals surface area contributed by atoms with Crippen LogP contribution in [0.2, 0.25) is 0 Å². The fraction of sp³-hybridized carbons (Fsp3) is 0.143. The molecule has 0 aliphatic rings. The predicted octanol–water partition coefficient (Wildman–Crippen LogP) is 2.98. The first-order valence-corrected chi connectivity index (χ1v) is 5.43. The normalized spacial score (nSPS) is 10.2. The molecule has 0 aliphatic heterocycles. The van der Waals surface area contributed by atoms with Crippen molar-refractivity contribution in [3.63, 3.8) is 0 Å². The van der Waals surface area contributed by atoms with Crippen molar-refractivity contribution in [3.05, 3.63) is 53.5 Å². The van der Waals surface area contributed by atoms with Gasteiger partial charge in [0.15, 0.2) is 0 Å². The van der Waals surface area contributed by atoms with E-state index in [1.165, 1.54) is 19.2 Å². The van der Waals surface area contributed by atoms with Gasteiger partial charge in [0, 0.05) is 11.3 Å². The van der Waals surface area contributed by atoms with Gasteiger partial charge in [-0.2, -0.15) is 0 Å². The molecule has 0 atom stereocenters. The molecule has 0 unspecified atom stereocenters. The van der Waals surface area contributed by atoms with Gasteiger partial charge >= 0.3 is 5.97 Å². The molecule has 0 saturated heterocycles. The van der Waals surface area contributed by atoms with Gasteiger partial charge in [0.25, 0.3) is 0 Å². The summed E-state index contributed by atoms with van der Waals surface area (Å²) in [6, 6.07) is 9.24. The molecule has 2 aromatic rings. The lowest BCUT2D eigenvalue weighted by molar-refractivity contribution is 0.0601. The van der Waals surface area contributed by atoms with Crippen molar-refractivity contribution < 1.29 is 13.9 Å². The van der Waals surface area contributed by atoms with Crippen LogP contribution < -0.4 is 0 Å². The Morgan fingerprint density at radius 3 is 2.44 bits per heavy atom. The van der Waals surface area contributed by atoms with Crippen LogP contribution in [0.1, 0.15) is 16.1 Å². The summed E-state index contributed by atoms with van der Waals surface area (Å²) in [6.07, 6.45) is 0. The van der Waals surface area contributed by atoms with Gasteiger partial charge in [0.1, 0.15) is 5.82 Å². The zero-order valence-electron chi connectivity index (χ0n) is 10.1. The second kappa shape index (κ2) is 4.96. The van der Waals surface area contributed by atoms with Crippen LogP contribution in [-0.4, -0.2) is 18.1 Å². The van der Waals surface area contributed by atoms with Crippen LogP contribution in [0, 0.1) is 12.7 Å². The summed E-state index contributed by atoms with van der Waals surface area (Å²) in [5, 5.41) is 0. The van der Waals surface area contributed by atoms with Gasteiger partial charge in [0.05, 0.1) is 18.4 Å². The number of ether oxygens (including phenoxy) is 1. The third-order valence-corrected chi connectivity index (χ3v) is 2.56.